The summed E-state index contributed by atoms with van der Waals surface area (Å²) in [6.45, 7) is 7.49. The van der Waals surface area contributed by atoms with Gasteiger partial charge in [0.25, 0.3) is 0 Å². The van der Waals surface area contributed by atoms with Crippen molar-refractivity contribution in [2.75, 3.05) is 32.0 Å². The third kappa shape index (κ3) is 7.16. The summed E-state index contributed by atoms with van der Waals surface area (Å²) < 4.78 is 16.1. The smallest absolute Gasteiger partial charge is 0.224 e. The van der Waals surface area contributed by atoms with Crippen molar-refractivity contribution in [3.63, 3.8) is 0 Å². The number of rotatable bonds is 12. The Labute approximate surface area is 230 Å². The van der Waals surface area contributed by atoms with Crippen LogP contribution in [-0.4, -0.2) is 36.3 Å². The SMILES string of the molecule is COc1ccc(CNc2ncc(Cc3cc(OC)c(C)nc3C(C)C)c(NCc3ccc(OC)cc3)n2)cc1. The molecule has 0 radical (unpaired) electrons. The summed E-state index contributed by atoms with van der Waals surface area (Å²) in [7, 11) is 5.01. The van der Waals surface area contributed by atoms with Crippen molar-refractivity contribution in [2.45, 2.75) is 46.2 Å². The highest BCUT2D eigenvalue weighted by molar-refractivity contribution is 5.51. The third-order valence-electron chi connectivity index (χ3n) is 6.52. The zero-order valence-electron chi connectivity index (χ0n) is 23.5. The van der Waals surface area contributed by atoms with Gasteiger partial charge in [0.15, 0.2) is 0 Å². The largest absolute Gasteiger partial charge is 0.497 e. The van der Waals surface area contributed by atoms with Gasteiger partial charge < -0.3 is 24.8 Å². The predicted octanol–water partition coefficient (Wildman–Crippen LogP) is 6.14. The summed E-state index contributed by atoms with van der Waals surface area (Å²) in [4.78, 5) is 14.4. The molecule has 204 valence electrons. The number of nitrogens with zero attached hydrogens (tertiary/aromatic N) is 3. The average molecular weight is 528 g/mol. The van der Waals surface area contributed by atoms with Gasteiger partial charge in [-0.25, -0.2) is 4.98 Å². The summed E-state index contributed by atoms with van der Waals surface area (Å²) in [6, 6.07) is 18.0. The summed E-state index contributed by atoms with van der Waals surface area (Å²) in [5.74, 6) is 4.02. The van der Waals surface area contributed by atoms with E-state index in [1.165, 1.54) is 0 Å². The topological polar surface area (TPSA) is 90.4 Å². The molecule has 2 aromatic carbocycles. The van der Waals surface area contributed by atoms with Crippen LogP contribution in [0.25, 0.3) is 0 Å². The molecule has 39 heavy (non-hydrogen) atoms. The number of aryl methyl sites for hydroxylation is 1. The highest BCUT2D eigenvalue weighted by atomic mass is 16.5. The van der Waals surface area contributed by atoms with Crippen LogP contribution in [-0.2, 0) is 19.5 Å². The zero-order valence-corrected chi connectivity index (χ0v) is 23.5. The molecule has 0 saturated heterocycles. The fourth-order valence-corrected chi connectivity index (χ4v) is 4.33. The number of pyridine rings is 1. The second-order valence-electron chi connectivity index (χ2n) is 9.62. The molecule has 2 N–H and O–H groups in total. The molecular formula is C31H37N5O3. The second-order valence-corrected chi connectivity index (χ2v) is 9.62. The molecule has 2 aromatic heterocycles. The average Bonchev–Trinajstić information content (AvgIpc) is 2.96. The number of methoxy groups -OCH3 is 3. The van der Waals surface area contributed by atoms with Gasteiger partial charge in [-0.3, -0.25) is 4.98 Å². The van der Waals surface area contributed by atoms with Crippen molar-refractivity contribution in [3.05, 3.63) is 94.4 Å². The minimum atomic E-state index is 0.270. The van der Waals surface area contributed by atoms with Crippen LogP contribution < -0.4 is 24.8 Å². The van der Waals surface area contributed by atoms with Crippen LogP contribution in [0.15, 0.2) is 60.8 Å². The number of nitrogens with one attached hydrogen (secondary N) is 2. The Morgan fingerprint density at radius 1 is 0.744 bits per heavy atom. The lowest BCUT2D eigenvalue weighted by atomic mass is 9.97. The van der Waals surface area contributed by atoms with Crippen LogP contribution in [0.4, 0.5) is 11.8 Å². The van der Waals surface area contributed by atoms with E-state index in [1.807, 2.05) is 61.7 Å². The second kappa shape index (κ2) is 13.0. The monoisotopic (exact) mass is 527 g/mol. The predicted molar refractivity (Wildman–Crippen MR) is 155 cm³/mol. The van der Waals surface area contributed by atoms with Crippen LogP contribution >= 0.6 is 0 Å². The van der Waals surface area contributed by atoms with Crippen molar-refractivity contribution in [1.29, 1.82) is 0 Å². The first-order valence-corrected chi connectivity index (χ1v) is 13.0. The molecule has 0 saturated carbocycles. The maximum Gasteiger partial charge on any atom is 0.224 e. The van der Waals surface area contributed by atoms with Gasteiger partial charge in [0, 0.05) is 37.0 Å². The van der Waals surface area contributed by atoms with Crippen molar-refractivity contribution < 1.29 is 14.2 Å². The lowest BCUT2D eigenvalue weighted by Crippen LogP contribution is -2.11. The molecule has 4 rings (SSSR count). The van der Waals surface area contributed by atoms with Gasteiger partial charge >= 0.3 is 0 Å². The number of hydrogen-bond donors (Lipinski definition) is 2. The number of anilines is 2. The summed E-state index contributed by atoms with van der Waals surface area (Å²) in [5, 5.41) is 6.88. The molecule has 0 unspecified atom stereocenters. The first-order chi connectivity index (χ1) is 18.9. The van der Waals surface area contributed by atoms with E-state index in [-0.39, 0.29) is 5.92 Å². The summed E-state index contributed by atoms with van der Waals surface area (Å²) >= 11 is 0. The maximum absolute atomic E-state index is 5.58. The Balaban J connectivity index is 1.61. The normalized spacial score (nSPS) is 10.8. The zero-order chi connectivity index (χ0) is 27.8. The Kier molecular flexibility index (Phi) is 9.20. The Hall–Kier alpha value is -4.33. The molecular weight excluding hydrogens is 490 g/mol. The van der Waals surface area contributed by atoms with Gasteiger partial charge in [-0.1, -0.05) is 38.1 Å². The number of benzene rings is 2. The minimum Gasteiger partial charge on any atom is -0.497 e. The van der Waals surface area contributed by atoms with E-state index in [9.17, 15) is 0 Å². The van der Waals surface area contributed by atoms with Gasteiger partial charge in [-0.2, -0.15) is 4.98 Å². The lowest BCUT2D eigenvalue weighted by Gasteiger charge is -2.18. The minimum absolute atomic E-state index is 0.270. The molecule has 8 heteroatoms. The molecule has 4 aromatic rings. The third-order valence-corrected chi connectivity index (χ3v) is 6.52. The Morgan fingerprint density at radius 2 is 1.33 bits per heavy atom. The Bertz CT molecular complexity index is 1370. The van der Waals surface area contributed by atoms with Crippen molar-refractivity contribution in [3.8, 4) is 17.2 Å². The van der Waals surface area contributed by atoms with E-state index >= 15 is 0 Å². The number of hydrogen-bond acceptors (Lipinski definition) is 8. The van der Waals surface area contributed by atoms with Crippen molar-refractivity contribution >= 4 is 11.8 Å². The van der Waals surface area contributed by atoms with Crippen LogP contribution in [0, 0.1) is 6.92 Å². The van der Waals surface area contributed by atoms with Crippen LogP contribution in [0.2, 0.25) is 0 Å². The maximum atomic E-state index is 5.58. The Morgan fingerprint density at radius 3 is 1.87 bits per heavy atom. The summed E-state index contributed by atoms with van der Waals surface area (Å²) in [6.07, 6.45) is 2.51. The molecule has 0 bridgehead atoms. The van der Waals surface area contributed by atoms with Gasteiger partial charge in [-0.05, 0) is 59.9 Å². The number of ether oxygens (including phenoxy) is 3. The molecule has 0 aliphatic carbocycles. The van der Waals surface area contributed by atoms with E-state index in [4.69, 9.17) is 24.2 Å². The van der Waals surface area contributed by atoms with Gasteiger partial charge in [-0.15, -0.1) is 0 Å². The van der Waals surface area contributed by atoms with Gasteiger partial charge in [0.1, 0.15) is 23.1 Å². The quantitative estimate of drug-likeness (QED) is 0.227. The van der Waals surface area contributed by atoms with E-state index in [0.717, 1.165) is 56.7 Å². The summed E-state index contributed by atoms with van der Waals surface area (Å²) in [5.41, 5.74) is 6.24. The van der Waals surface area contributed by atoms with E-state index in [1.54, 1.807) is 21.3 Å². The van der Waals surface area contributed by atoms with Gasteiger partial charge in [0.05, 0.1) is 27.0 Å². The highest BCUT2D eigenvalue weighted by Crippen LogP contribution is 2.29. The standard InChI is InChI=1S/C31H37N5O3/c1-20(2)29-24(16-28(39-6)21(3)35-29)15-25-19-34-31(33-18-23-9-13-27(38-5)14-10-23)36-30(25)32-17-22-7-11-26(37-4)12-8-22/h7-14,16,19-20H,15,17-18H2,1-6H3,(H2,32,33,34,36). The lowest BCUT2D eigenvalue weighted by molar-refractivity contribution is 0.408. The van der Waals surface area contributed by atoms with E-state index in [2.05, 4.69) is 35.5 Å². The molecule has 0 spiro atoms. The van der Waals surface area contributed by atoms with E-state index in [0.29, 0.717) is 25.5 Å². The fraction of sp³-hybridized carbons (Fsp3) is 0.323. The first kappa shape index (κ1) is 27.7. The fourth-order valence-electron chi connectivity index (χ4n) is 4.33. The van der Waals surface area contributed by atoms with E-state index < -0.39 is 0 Å². The molecule has 2 heterocycles. The van der Waals surface area contributed by atoms with Crippen LogP contribution in [0.3, 0.4) is 0 Å². The van der Waals surface area contributed by atoms with Gasteiger partial charge in [0.2, 0.25) is 5.95 Å². The molecule has 0 aliphatic heterocycles. The van der Waals surface area contributed by atoms with Crippen molar-refractivity contribution in [1.82, 2.24) is 15.0 Å². The molecule has 0 atom stereocenters. The molecule has 0 amide bonds. The van der Waals surface area contributed by atoms with Crippen LogP contribution in [0.1, 0.15) is 53.4 Å². The molecule has 0 aliphatic rings. The van der Waals surface area contributed by atoms with Crippen molar-refractivity contribution in [2.24, 2.45) is 0 Å². The van der Waals surface area contributed by atoms with Crippen LogP contribution in [0.5, 0.6) is 17.2 Å². The highest BCUT2D eigenvalue weighted by Gasteiger charge is 2.16. The first-order valence-electron chi connectivity index (χ1n) is 13.0. The molecule has 0 fully saturated rings. The molecule has 8 nitrogen and oxygen atoms in total. The number of aromatic nitrogens is 3.